The van der Waals surface area contributed by atoms with Crippen LogP contribution in [0, 0.1) is 11.8 Å². The van der Waals surface area contributed by atoms with Gasteiger partial charge in [0.25, 0.3) is 0 Å². The first kappa shape index (κ1) is 27.0. The number of aliphatic hydroxyl groups excluding tert-OH is 1. The van der Waals surface area contributed by atoms with Crippen molar-refractivity contribution >= 4 is 29.5 Å². The average molecular weight is 539 g/mol. The van der Waals surface area contributed by atoms with Gasteiger partial charge in [0.15, 0.2) is 0 Å². The molecular formula is C30H38N2O5S. The lowest BCUT2D eigenvalue weighted by atomic mass is 9.78. The molecule has 1 spiro atoms. The molecule has 4 aliphatic rings. The van der Waals surface area contributed by atoms with Gasteiger partial charge in [0.2, 0.25) is 11.8 Å². The van der Waals surface area contributed by atoms with Crippen molar-refractivity contribution in [3.8, 4) is 0 Å². The molecular weight excluding hydrogens is 500 g/mol. The first-order valence-corrected chi connectivity index (χ1v) is 14.8. The predicted molar refractivity (Wildman–Crippen MR) is 147 cm³/mol. The van der Waals surface area contributed by atoms with Crippen LogP contribution in [0.3, 0.4) is 0 Å². The maximum atomic E-state index is 14.4. The Bertz CT molecular complexity index is 1090. The normalized spacial score (nSPS) is 32.4. The van der Waals surface area contributed by atoms with Gasteiger partial charge in [0, 0.05) is 18.3 Å². The molecule has 7 nitrogen and oxygen atoms in total. The molecule has 1 aromatic carbocycles. The fourth-order valence-electron chi connectivity index (χ4n) is 6.52. The Kier molecular flexibility index (Phi) is 8.29. The largest absolute Gasteiger partial charge is 0.465 e. The zero-order valence-corrected chi connectivity index (χ0v) is 22.9. The third-order valence-corrected chi connectivity index (χ3v) is 10.1. The molecule has 8 heteroatoms. The van der Waals surface area contributed by atoms with Gasteiger partial charge in [-0.25, -0.2) is 0 Å². The number of benzene rings is 1. The minimum absolute atomic E-state index is 0.0928. The Hall–Kier alpha value is -2.58. The van der Waals surface area contributed by atoms with Gasteiger partial charge in [-0.2, -0.15) is 0 Å². The summed E-state index contributed by atoms with van der Waals surface area (Å²) in [4.78, 5) is 45.6. The quantitative estimate of drug-likeness (QED) is 0.310. The number of rotatable bonds is 8. The lowest BCUT2D eigenvalue weighted by Gasteiger charge is -2.38. The number of likely N-dealkylation sites (tertiary alicyclic amines) is 1. The predicted octanol–water partition coefficient (Wildman–Crippen LogP) is 3.37. The van der Waals surface area contributed by atoms with Crippen LogP contribution in [-0.2, 0) is 25.5 Å². The fraction of sp³-hybridized carbons (Fsp3) is 0.567. The first-order valence-electron chi connectivity index (χ1n) is 14.0. The van der Waals surface area contributed by atoms with Crippen molar-refractivity contribution in [1.29, 1.82) is 0 Å². The summed E-state index contributed by atoms with van der Waals surface area (Å²) in [5.41, 5.74) is 0.984. The number of nitrogens with zero attached hydrogens (tertiary/aromatic N) is 2. The first-order chi connectivity index (χ1) is 18.5. The highest BCUT2D eigenvalue weighted by Crippen LogP contribution is 2.61. The number of allylic oxidation sites excluding steroid dienone is 1. The number of amides is 2. The second kappa shape index (κ2) is 11.7. The van der Waals surface area contributed by atoms with Gasteiger partial charge in [0.1, 0.15) is 6.04 Å². The number of carbonyl (C=O) groups excluding carboxylic acids is 3. The Labute approximate surface area is 229 Å². The molecule has 38 heavy (non-hydrogen) atoms. The van der Waals surface area contributed by atoms with E-state index in [1.165, 1.54) is 0 Å². The summed E-state index contributed by atoms with van der Waals surface area (Å²) in [6.07, 6.45) is 13.1. The van der Waals surface area contributed by atoms with Gasteiger partial charge in [-0.3, -0.25) is 14.4 Å². The summed E-state index contributed by atoms with van der Waals surface area (Å²) in [6, 6.07) is 8.37. The molecule has 6 atom stereocenters. The van der Waals surface area contributed by atoms with E-state index in [0.29, 0.717) is 26.1 Å². The van der Waals surface area contributed by atoms with Gasteiger partial charge in [-0.15, -0.1) is 11.8 Å². The monoisotopic (exact) mass is 538 g/mol. The number of fused-ring (bicyclic) bond motifs is 2. The molecule has 1 unspecified atom stereocenters. The summed E-state index contributed by atoms with van der Waals surface area (Å²) >= 11 is 1.56. The number of aliphatic hydroxyl groups is 1. The number of unbranched alkanes of at least 4 members (excludes halogenated alkanes) is 2. The molecule has 1 aromatic rings. The number of carbonyl (C=O) groups is 3. The van der Waals surface area contributed by atoms with E-state index in [1.54, 1.807) is 16.7 Å². The van der Waals surface area contributed by atoms with Crippen LogP contribution in [-0.4, -0.2) is 81.1 Å². The van der Waals surface area contributed by atoms with Gasteiger partial charge in [0.05, 0.1) is 35.8 Å². The zero-order chi connectivity index (χ0) is 26.7. The van der Waals surface area contributed by atoms with Crippen LogP contribution < -0.4 is 0 Å². The number of esters is 1. The van der Waals surface area contributed by atoms with E-state index < -0.39 is 28.7 Å². The molecule has 0 radical (unpaired) electrons. The van der Waals surface area contributed by atoms with E-state index in [4.69, 9.17) is 4.74 Å². The summed E-state index contributed by atoms with van der Waals surface area (Å²) in [5.74, 6) is -2.08. The second-order valence-electron chi connectivity index (χ2n) is 10.7. The number of ether oxygens (including phenoxy) is 1. The van der Waals surface area contributed by atoms with Gasteiger partial charge >= 0.3 is 5.97 Å². The van der Waals surface area contributed by atoms with Crippen molar-refractivity contribution < 1.29 is 24.2 Å². The molecule has 0 aromatic heterocycles. The molecule has 0 saturated carbocycles. The Morgan fingerprint density at radius 3 is 2.71 bits per heavy atom. The molecule has 2 amide bonds. The molecule has 4 heterocycles. The highest BCUT2D eigenvalue weighted by molar-refractivity contribution is 8.02. The molecule has 204 valence electrons. The molecule has 0 aliphatic carbocycles. The summed E-state index contributed by atoms with van der Waals surface area (Å²) in [5, 5.41) is 10.3. The lowest BCUT2D eigenvalue weighted by Crippen LogP contribution is -2.57. The summed E-state index contributed by atoms with van der Waals surface area (Å²) in [6.45, 7) is 3.29. The topological polar surface area (TPSA) is 87.2 Å². The Balaban J connectivity index is 1.58. The van der Waals surface area contributed by atoms with Crippen LogP contribution in [0.5, 0.6) is 0 Å². The van der Waals surface area contributed by atoms with Crippen LogP contribution in [0.4, 0.5) is 0 Å². The molecule has 2 saturated heterocycles. The van der Waals surface area contributed by atoms with E-state index in [1.807, 2.05) is 53.5 Å². The van der Waals surface area contributed by atoms with E-state index >= 15 is 0 Å². The smallest absolute Gasteiger partial charge is 0.311 e. The van der Waals surface area contributed by atoms with Crippen LogP contribution in [0.1, 0.15) is 44.6 Å². The van der Waals surface area contributed by atoms with Crippen LogP contribution in [0.2, 0.25) is 0 Å². The van der Waals surface area contributed by atoms with Crippen molar-refractivity contribution in [3.63, 3.8) is 0 Å². The van der Waals surface area contributed by atoms with Crippen molar-refractivity contribution in [2.24, 2.45) is 11.8 Å². The minimum atomic E-state index is -0.893. The van der Waals surface area contributed by atoms with Crippen LogP contribution >= 0.6 is 11.8 Å². The standard InChI is InChI=1S/C30H38N2O5S/c1-2-3-9-16-31-17-11-15-30-25(24-23(38-30)14-8-5-10-18-37-29(24)36)27(34)32(26(30)28(31)35)22(20-33)19-21-12-6-4-7-13-21/h4,6-8,11-15,22-26,33H,2-3,5,9-10,16-20H2,1H3/b14-8-/t22-,23+,24-,25+,26?,30+/m1/s1. The van der Waals surface area contributed by atoms with Crippen molar-refractivity contribution in [3.05, 3.63) is 60.2 Å². The second-order valence-corrected chi connectivity index (χ2v) is 12.2. The Morgan fingerprint density at radius 1 is 1.13 bits per heavy atom. The summed E-state index contributed by atoms with van der Waals surface area (Å²) < 4.78 is 4.75. The van der Waals surface area contributed by atoms with Crippen molar-refractivity contribution in [2.75, 3.05) is 26.3 Å². The van der Waals surface area contributed by atoms with E-state index in [9.17, 15) is 19.5 Å². The number of cyclic esters (lactones) is 1. The number of hydrogen-bond acceptors (Lipinski definition) is 6. The molecule has 5 rings (SSSR count). The third kappa shape index (κ3) is 4.81. The average Bonchev–Trinajstić information content (AvgIpc) is 3.34. The lowest BCUT2D eigenvalue weighted by molar-refractivity contribution is -0.153. The van der Waals surface area contributed by atoms with Gasteiger partial charge in [-0.05, 0) is 31.2 Å². The van der Waals surface area contributed by atoms with E-state index in [2.05, 4.69) is 13.0 Å². The molecule has 4 aliphatic heterocycles. The maximum absolute atomic E-state index is 14.4. The maximum Gasteiger partial charge on any atom is 0.311 e. The van der Waals surface area contributed by atoms with Crippen molar-refractivity contribution in [2.45, 2.75) is 67.5 Å². The van der Waals surface area contributed by atoms with Gasteiger partial charge in [-0.1, -0.05) is 74.4 Å². The van der Waals surface area contributed by atoms with Crippen molar-refractivity contribution in [1.82, 2.24) is 9.80 Å². The van der Waals surface area contributed by atoms with E-state index in [0.717, 1.165) is 37.7 Å². The van der Waals surface area contributed by atoms with E-state index in [-0.39, 0.29) is 29.6 Å². The molecule has 1 N–H and O–H groups in total. The Morgan fingerprint density at radius 2 is 1.95 bits per heavy atom. The van der Waals surface area contributed by atoms with Gasteiger partial charge < -0.3 is 19.6 Å². The highest BCUT2D eigenvalue weighted by atomic mass is 32.2. The molecule has 0 bridgehead atoms. The van der Waals surface area contributed by atoms with Crippen LogP contribution in [0.25, 0.3) is 0 Å². The minimum Gasteiger partial charge on any atom is -0.465 e. The third-order valence-electron chi connectivity index (χ3n) is 8.32. The fourth-order valence-corrected chi connectivity index (χ4v) is 8.51. The zero-order valence-electron chi connectivity index (χ0n) is 22.0. The molecule has 2 fully saturated rings. The number of hydrogen-bond donors (Lipinski definition) is 1. The summed E-state index contributed by atoms with van der Waals surface area (Å²) in [7, 11) is 0. The number of thioether (sulfide) groups is 1. The highest BCUT2D eigenvalue weighted by Gasteiger charge is 2.71. The van der Waals surface area contributed by atoms with Crippen LogP contribution in [0.15, 0.2) is 54.6 Å². The SMILES string of the molecule is CCCCCN1CC=C[C@]23S[C@H]4/C=C\CCCOC(=O)[C@H]4[C@H]2C(=O)N([C@@H](CO)Cc2ccccc2)C3C1=O.